The SMILES string of the molecule is [2H]c1c([2H])c2c3c(c([2H])c([2H])c([2H])c3c1[2H])C1(c3ccccc3-c3ccccc31)c1cc(N(c3ccc4c(c3)C(c3ccccc3)(c3ccccc3)c3ccccc3-4)c3ccc4c5ccccc5n(-c5ccccc5)c4c3)ccc1-2. The Hall–Kier alpha value is -9.50. The van der Waals surface area contributed by atoms with Gasteiger partial charge in [-0.1, -0.05) is 224 Å². The smallest absolute Gasteiger partial charge is 0.0726 e. The molecule has 0 radical (unpaired) electrons. The highest BCUT2D eigenvalue weighted by atomic mass is 15.1. The molecule has 0 amide bonds. The van der Waals surface area contributed by atoms with Crippen LogP contribution in [0.4, 0.5) is 17.1 Å². The van der Waals surface area contributed by atoms with Crippen molar-refractivity contribution in [3.63, 3.8) is 0 Å². The van der Waals surface area contributed by atoms with Crippen molar-refractivity contribution in [3.8, 4) is 39.1 Å². The van der Waals surface area contributed by atoms with Crippen molar-refractivity contribution < 1.29 is 8.22 Å². The summed E-state index contributed by atoms with van der Waals surface area (Å²) in [5, 5.41) is 2.80. The van der Waals surface area contributed by atoms with Gasteiger partial charge in [-0.3, -0.25) is 0 Å². The summed E-state index contributed by atoms with van der Waals surface area (Å²) in [6.07, 6.45) is 0. The Morgan fingerprint density at radius 3 is 1.42 bits per heavy atom. The zero-order valence-electron chi connectivity index (χ0n) is 46.0. The van der Waals surface area contributed by atoms with Gasteiger partial charge < -0.3 is 9.47 Å². The fraction of sp³-hybridized carbons (Fsp3) is 0.0278. The third-order valence-corrected chi connectivity index (χ3v) is 16.4. The summed E-state index contributed by atoms with van der Waals surface area (Å²) in [4.78, 5) is 2.34. The summed E-state index contributed by atoms with van der Waals surface area (Å²) in [6.45, 7) is 0. The quantitative estimate of drug-likeness (QED) is 0.161. The highest BCUT2D eigenvalue weighted by molar-refractivity contribution is 6.11. The first-order chi connectivity index (χ1) is 39.2. The van der Waals surface area contributed by atoms with E-state index in [1.807, 2.05) is 30.3 Å². The molecule has 0 bridgehead atoms. The fourth-order valence-corrected chi connectivity index (χ4v) is 13.6. The van der Waals surface area contributed by atoms with E-state index in [9.17, 15) is 8.22 Å². The van der Waals surface area contributed by atoms with Crippen molar-refractivity contribution in [2.24, 2.45) is 0 Å². The van der Waals surface area contributed by atoms with Crippen LogP contribution >= 0.6 is 0 Å². The predicted octanol–water partition coefficient (Wildman–Crippen LogP) is 18.1. The van der Waals surface area contributed by atoms with Gasteiger partial charge >= 0.3 is 0 Å². The fourth-order valence-electron chi connectivity index (χ4n) is 13.6. The zero-order chi connectivity index (χ0) is 53.8. The lowest BCUT2D eigenvalue weighted by Crippen LogP contribution is -2.32. The van der Waals surface area contributed by atoms with Crippen LogP contribution in [0.5, 0.6) is 0 Å². The van der Waals surface area contributed by atoms with Crippen molar-refractivity contribution in [2.45, 2.75) is 10.8 Å². The van der Waals surface area contributed by atoms with E-state index >= 15 is 0 Å². The van der Waals surface area contributed by atoms with Gasteiger partial charge in [0.05, 0.1) is 30.1 Å². The minimum absolute atomic E-state index is 0.121. The zero-order valence-corrected chi connectivity index (χ0v) is 40.0. The molecule has 2 heteroatoms. The van der Waals surface area contributed by atoms with E-state index in [0.29, 0.717) is 22.1 Å². The molecule has 0 atom stereocenters. The molecule has 0 N–H and O–H groups in total. The van der Waals surface area contributed by atoms with Gasteiger partial charge in [0.15, 0.2) is 0 Å². The lowest BCUT2D eigenvalue weighted by molar-refractivity contribution is 0.768. The summed E-state index contributed by atoms with van der Waals surface area (Å²) in [5.74, 6) is 0. The first-order valence-corrected chi connectivity index (χ1v) is 25.3. The molecule has 3 aliphatic carbocycles. The van der Waals surface area contributed by atoms with Gasteiger partial charge in [0.1, 0.15) is 0 Å². The monoisotopic (exact) mass is 944 g/mol. The molecule has 1 aromatic heterocycles. The lowest BCUT2D eigenvalue weighted by atomic mass is 9.61. The number of hydrogen-bond acceptors (Lipinski definition) is 1. The van der Waals surface area contributed by atoms with Crippen LogP contribution in [0, 0.1) is 0 Å². The molecule has 2 nitrogen and oxygen atoms in total. The summed E-state index contributed by atoms with van der Waals surface area (Å²) < 4.78 is 59.7. The molecule has 344 valence electrons. The second-order valence-corrected chi connectivity index (χ2v) is 19.8. The van der Waals surface area contributed by atoms with Gasteiger partial charge in [0, 0.05) is 33.5 Å². The van der Waals surface area contributed by atoms with E-state index in [0.717, 1.165) is 94.6 Å². The summed E-state index contributed by atoms with van der Waals surface area (Å²) in [6, 6.07) is 84.7. The molecule has 74 heavy (non-hydrogen) atoms. The number of nitrogens with zero attached hydrogens (tertiary/aromatic N) is 2. The van der Waals surface area contributed by atoms with Gasteiger partial charge in [-0.25, -0.2) is 0 Å². The maximum absolute atomic E-state index is 10.1. The van der Waals surface area contributed by atoms with Gasteiger partial charge in [-0.05, 0) is 143 Å². The van der Waals surface area contributed by atoms with E-state index in [1.165, 1.54) is 11.1 Å². The first-order valence-electron chi connectivity index (χ1n) is 28.3. The van der Waals surface area contributed by atoms with Crippen LogP contribution in [0.15, 0.2) is 279 Å². The molecule has 1 heterocycles. The maximum atomic E-state index is 10.1. The van der Waals surface area contributed by atoms with Crippen LogP contribution in [0.2, 0.25) is 0 Å². The Labute approximate surface area is 438 Å². The van der Waals surface area contributed by atoms with Gasteiger partial charge in [-0.15, -0.1) is 0 Å². The normalized spacial score (nSPS) is 15.0. The number of rotatable bonds is 6. The standard InChI is InChI=1S/C72H46N2/c1-4-22-48(23-5-1)71(49-24-6-2-7-25-49)62-33-14-10-30-56(62)57-41-38-51(44-66(57)71)73(53-40-43-60-59-31-13-17-37-68(59)74(69(60)46-53)50-26-8-3-9-27-50)52-39-42-58-61-32-18-20-47-21-19-36-65(70(47)61)72(67(58)45-52)63-34-15-11-28-54(63)55-29-12-16-35-64(55)72/h1-46H/i18D,19D,20D,21D,32D,36D. The largest absolute Gasteiger partial charge is 0.310 e. The molecule has 0 fully saturated rings. The van der Waals surface area contributed by atoms with Crippen molar-refractivity contribution in [1.29, 1.82) is 0 Å². The summed E-state index contributed by atoms with van der Waals surface area (Å²) >= 11 is 0. The van der Waals surface area contributed by atoms with E-state index in [-0.39, 0.29) is 41.6 Å². The number of para-hydroxylation sites is 2. The average molecular weight is 945 g/mol. The van der Waals surface area contributed by atoms with E-state index in [4.69, 9.17) is 0 Å². The van der Waals surface area contributed by atoms with Crippen molar-refractivity contribution >= 4 is 49.6 Å². The molecule has 1 spiro atoms. The third-order valence-electron chi connectivity index (χ3n) is 16.4. The summed E-state index contributed by atoms with van der Waals surface area (Å²) in [7, 11) is 0. The number of aromatic nitrogens is 1. The molecule has 12 aromatic carbocycles. The summed E-state index contributed by atoms with van der Waals surface area (Å²) in [5.41, 5.74) is 17.0. The molecule has 0 saturated carbocycles. The molecule has 13 aromatic rings. The van der Waals surface area contributed by atoms with Crippen molar-refractivity contribution in [2.75, 3.05) is 4.90 Å². The second kappa shape index (κ2) is 15.5. The van der Waals surface area contributed by atoms with Crippen LogP contribution < -0.4 is 4.90 Å². The van der Waals surface area contributed by atoms with Crippen LogP contribution in [0.3, 0.4) is 0 Å². The topological polar surface area (TPSA) is 8.17 Å². The Kier molecular flexibility index (Phi) is 7.45. The highest BCUT2D eigenvalue weighted by Gasteiger charge is 2.51. The molecular formula is C72H46N2. The number of fused-ring (bicyclic) bond motifs is 15. The Balaban J connectivity index is 1.05. The lowest BCUT2D eigenvalue weighted by Gasteiger charge is -2.41. The van der Waals surface area contributed by atoms with E-state index in [1.54, 1.807) is 0 Å². The van der Waals surface area contributed by atoms with Crippen LogP contribution in [-0.2, 0) is 10.8 Å². The highest BCUT2D eigenvalue weighted by Crippen LogP contribution is 2.63. The van der Waals surface area contributed by atoms with Gasteiger partial charge in [0.2, 0.25) is 0 Å². The van der Waals surface area contributed by atoms with Gasteiger partial charge in [0.25, 0.3) is 0 Å². The van der Waals surface area contributed by atoms with Crippen molar-refractivity contribution in [1.82, 2.24) is 4.57 Å². The van der Waals surface area contributed by atoms with Crippen LogP contribution in [-0.4, -0.2) is 4.57 Å². The first kappa shape index (κ1) is 35.6. The Morgan fingerprint density at radius 2 is 0.784 bits per heavy atom. The van der Waals surface area contributed by atoms with Crippen LogP contribution in [0.1, 0.15) is 52.7 Å². The second-order valence-electron chi connectivity index (χ2n) is 19.8. The Bertz CT molecular complexity index is 4710. The predicted molar refractivity (Wildman–Crippen MR) is 307 cm³/mol. The van der Waals surface area contributed by atoms with E-state index < -0.39 is 10.8 Å². The molecule has 16 rings (SSSR count). The maximum Gasteiger partial charge on any atom is 0.0726 e. The van der Waals surface area contributed by atoms with Crippen molar-refractivity contribution in [3.05, 3.63) is 323 Å². The molecule has 0 unspecified atom stereocenters. The number of hydrogen-bond donors (Lipinski definition) is 0. The van der Waals surface area contributed by atoms with E-state index in [2.05, 4.69) is 222 Å². The number of benzene rings is 12. The minimum Gasteiger partial charge on any atom is -0.310 e. The average Bonchev–Trinajstić information content (AvgIpc) is 2.97. The Morgan fingerprint density at radius 1 is 0.324 bits per heavy atom. The third kappa shape index (κ3) is 5.39. The molecule has 0 aliphatic heterocycles. The number of anilines is 3. The minimum atomic E-state index is -1.24. The van der Waals surface area contributed by atoms with Gasteiger partial charge in [-0.2, -0.15) is 0 Å². The molecule has 0 saturated heterocycles. The molecule has 3 aliphatic rings. The molecular weight excluding hydrogens is 893 g/mol. The van der Waals surface area contributed by atoms with Crippen LogP contribution in [0.25, 0.3) is 71.6 Å².